The van der Waals surface area contributed by atoms with Crippen LogP contribution in [0, 0.1) is 0 Å². The molecule has 1 aliphatic heterocycles. The first-order chi connectivity index (χ1) is 10.3. The topological polar surface area (TPSA) is 41.1 Å². The molecule has 2 N–H and O–H groups in total. The van der Waals surface area contributed by atoms with Crippen molar-refractivity contribution in [2.45, 2.75) is 32.4 Å². The molecule has 2 aromatic carbocycles. The zero-order chi connectivity index (χ0) is 14.7. The van der Waals surface area contributed by atoms with Gasteiger partial charge in [-0.3, -0.25) is 4.79 Å². The maximum Gasteiger partial charge on any atom is 0.243 e. The largest absolute Gasteiger partial charge is 0.373 e. The number of aryl methyl sites for hydroxylation is 1. The average molecular weight is 280 g/mol. The summed E-state index contributed by atoms with van der Waals surface area (Å²) in [7, 11) is 0. The summed E-state index contributed by atoms with van der Waals surface area (Å²) in [5, 5.41) is 6.29. The van der Waals surface area contributed by atoms with Gasteiger partial charge in [0.2, 0.25) is 5.91 Å². The van der Waals surface area contributed by atoms with Gasteiger partial charge in [-0.2, -0.15) is 0 Å². The fraction of sp³-hybridized carbons (Fsp3) is 0.278. The monoisotopic (exact) mass is 280 g/mol. The highest BCUT2D eigenvalue weighted by Crippen LogP contribution is 2.25. The van der Waals surface area contributed by atoms with Crippen LogP contribution in [0.2, 0.25) is 0 Å². The molecule has 1 aliphatic rings. The smallest absolute Gasteiger partial charge is 0.243 e. The lowest BCUT2D eigenvalue weighted by molar-refractivity contribution is -0.121. The Balaban J connectivity index is 1.55. The van der Waals surface area contributed by atoms with E-state index in [0.29, 0.717) is 6.54 Å². The highest BCUT2D eigenvalue weighted by Gasteiger charge is 2.25. The first kappa shape index (κ1) is 13.7. The number of carbonyl (C=O) groups is 1. The summed E-state index contributed by atoms with van der Waals surface area (Å²) in [4.78, 5) is 12.2. The number of carbonyl (C=O) groups excluding carboxylic acids is 1. The van der Waals surface area contributed by atoms with Crippen molar-refractivity contribution >= 4 is 11.6 Å². The fourth-order valence-electron chi connectivity index (χ4n) is 2.66. The van der Waals surface area contributed by atoms with Crippen LogP contribution in [-0.2, 0) is 24.2 Å². The van der Waals surface area contributed by atoms with E-state index in [1.165, 1.54) is 11.1 Å². The molecular weight excluding hydrogens is 260 g/mol. The van der Waals surface area contributed by atoms with Crippen LogP contribution in [-0.4, -0.2) is 11.9 Å². The molecule has 3 nitrogen and oxygen atoms in total. The Labute approximate surface area is 125 Å². The van der Waals surface area contributed by atoms with Crippen LogP contribution in [0.4, 0.5) is 5.69 Å². The summed E-state index contributed by atoms with van der Waals surface area (Å²) < 4.78 is 0. The minimum absolute atomic E-state index is 0.0609. The number of anilines is 1. The van der Waals surface area contributed by atoms with Crippen LogP contribution in [0.3, 0.4) is 0 Å². The first-order valence-corrected chi connectivity index (χ1v) is 7.46. The molecule has 0 spiro atoms. The van der Waals surface area contributed by atoms with Crippen molar-refractivity contribution in [3.8, 4) is 0 Å². The lowest BCUT2D eigenvalue weighted by Gasteiger charge is -2.12. The number of nitrogens with one attached hydrogen (secondary N) is 2. The van der Waals surface area contributed by atoms with Gasteiger partial charge in [0, 0.05) is 18.7 Å². The van der Waals surface area contributed by atoms with Crippen LogP contribution in [0.5, 0.6) is 0 Å². The molecule has 0 aromatic heterocycles. The lowest BCUT2D eigenvalue weighted by atomic mass is 10.1. The summed E-state index contributed by atoms with van der Waals surface area (Å²) in [6, 6.07) is 16.3. The molecule has 0 fully saturated rings. The Kier molecular flexibility index (Phi) is 3.91. The standard InChI is InChI=1S/C18H20N2O/c1-2-13-7-9-14(10-8-13)12-19-18(21)17-11-15-5-3-4-6-16(15)20-17/h3-10,17,20H,2,11-12H2,1H3,(H,19,21)/t17-/m0/s1. The van der Waals surface area contributed by atoms with Gasteiger partial charge in [-0.25, -0.2) is 0 Å². The molecule has 2 aromatic rings. The van der Waals surface area contributed by atoms with Gasteiger partial charge in [-0.1, -0.05) is 49.4 Å². The normalized spacial score (nSPS) is 16.1. The van der Waals surface area contributed by atoms with Gasteiger partial charge >= 0.3 is 0 Å². The third-order valence-corrected chi connectivity index (χ3v) is 3.99. The molecule has 0 saturated carbocycles. The van der Waals surface area contributed by atoms with Crippen molar-refractivity contribution in [3.63, 3.8) is 0 Å². The van der Waals surface area contributed by atoms with Crippen molar-refractivity contribution in [1.29, 1.82) is 0 Å². The highest BCUT2D eigenvalue weighted by atomic mass is 16.2. The lowest BCUT2D eigenvalue weighted by Crippen LogP contribution is -2.38. The van der Waals surface area contributed by atoms with E-state index in [1.54, 1.807) is 0 Å². The third-order valence-electron chi connectivity index (χ3n) is 3.99. The van der Waals surface area contributed by atoms with E-state index in [2.05, 4.69) is 47.9 Å². The van der Waals surface area contributed by atoms with Crippen LogP contribution < -0.4 is 10.6 Å². The zero-order valence-corrected chi connectivity index (χ0v) is 12.2. The molecule has 0 aliphatic carbocycles. The number of para-hydroxylation sites is 1. The Morgan fingerprint density at radius 1 is 1.14 bits per heavy atom. The molecule has 108 valence electrons. The SMILES string of the molecule is CCc1ccc(CNC(=O)[C@@H]2Cc3ccccc3N2)cc1. The summed E-state index contributed by atoms with van der Waals surface area (Å²) >= 11 is 0. The third kappa shape index (κ3) is 3.07. The van der Waals surface area contributed by atoms with E-state index in [4.69, 9.17) is 0 Å². The van der Waals surface area contributed by atoms with Crippen LogP contribution in [0.25, 0.3) is 0 Å². The Bertz CT molecular complexity index is 609. The molecule has 0 bridgehead atoms. The minimum atomic E-state index is -0.155. The van der Waals surface area contributed by atoms with Crippen LogP contribution >= 0.6 is 0 Å². The summed E-state index contributed by atoms with van der Waals surface area (Å²) in [6.45, 7) is 2.72. The zero-order valence-electron chi connectivity index (χ0n) is 12.2. The van der Waals surface area contributed by atoms with E-state index in [0.717, 1.165) is 24.1 Å². The summed E-state index contributed by atoms with van der Waals surface area (Å²) in [5.41, 5.74) is 4.74. The van der Waals surface area contributed by atoms with Crippen LogP contribution in [0.15, 0.2) is 48.5 Å². The van der Waals surface area contributed by atoms with Crippen molar-refractivity contribution in [3.05, 3.63) is 65.2 Å². The molecule has 1 amide bonds. The number of benzene rings is 2. The van der Waals surface area contributed by atoms with Gasteiger partial charge in [0.15, 0.2) is 0 Å². The number of rotatable bonds is 4. The minimum Gasteiger partial charge on any atom is -0.373 e. The predicted octanol–water partition coefficient (Wildman–Crippen LogP) is 2.90. The van der Waals surface area contributed by atoms with E-state index in [1.807, 2.05) is 18.2 Å². The van der Waals surface area contributed by atoms with Gasteiger partial charge in [0.1, 0.15) is 6.04 Å². The second-order valence-corrected chi connectivity index (χ2v) is 5.45. The van der Waals surface area contributed by atoms with Gasteiger partial charge in [-0.15, -0.1) is 0 Å². The van der Waals surface area contributed by atoms with Gasteiger partial charge < -0.3 is 10.6 Å². The maximum atomic E-state index is 12.2. The molecule has 21 heavy (non-hydrogen) atoms. The Morgan fingerprint density at radius 3 is 2.57 bits per heavy atom. The highest BCUT2D eigenvalue weighted by molar-refractivity contribution is 5.87. The fourth-order valence-corrected chi connectivity index (χ4v) is 2.66. The summed E-state index contributed by atoms with van der Waals surface area (Å²) in [6.07, 6.45) is 1.80. The van der Waals surface area contributed by atoms with Crippen molar-refractivity contribution < 1.29 is 4.79 Å². The molecule has 3 rings (SSSR count). The second-order valence-electron chi connectivity index (χ2n) is 5.45. The van der Waals surface area contributed by atoms with Gasteiger partial charge in [0.05, 0.1) is 0 Å². The Hall–Kier alpha value is -2.29. The van der Waals surface area contributed by atoms with E-state index >= 15 is 0 Å². The molecule has 1 heterocycles. The molecule has 1 atom stereocenters. The van der Waals surface area contributed by atoms with Crippen molar-refractivity contribution in [1.82, 2.24) is 5.32 Å². The number of hydrogen-bond acceptors (Lipinski definition) is 2. The molecule has 0 unspecified atom stereocenters. The first-order valence-electron chi connectivity index (χ1n) is 7.46. The van der Waals surface area contributed by atoms with Crippen molar-refractivity contribution in [2.75, 3.05) is 5.32 Å². The van der Waals surface area contributed by atoms with E-state index in [9.17, 15) is 4.79 Å². The molecular formula is C18H20N2O. The van der Waals surface area contributed by atoms with Gasteiger partial charge in [0.25, 0.3) is 0 Å². The molecule has 3 heteroatoms. The van der Waals surface area contributed by atoms with Crippen LogP contribution in [0.1, 0.15) is 23.6 Å². The molecule has 0 saturated heterocycles. The second kappa shape index (κ2) is 6.00. The van der Waals surface area contributed by atoms with Crippen molar-refractivity contribution in [2.24, 2.45) is 0 Å². The summed E-state index contributed by atoms with van der Waals surface area (Å²) in [5.74, 6) is 0.0609. The number of fused-ring (bicyclic) bond motifs is 1. The predicted molar refractivity (Wildman–Crippen MR) is 85.2 cm³/mol. The molecule has 0 radical (unpaired) electrons. The quantitative estimate of drug-likeness (QED) is 0.904. The maximum absolute atomic E-state index is 12.2. The number of amides is 1. The Morgan fingerprint density at radius 2 is 1.86 bits per heavy atom. The van der Waals surface area contributed by atoms with E-state index < -0.39 is 0 Å². The number of hydrogen-bond donors (Lipinski definition) is 2. The average Bonchev–Trinajstić information content (AvgIpc) is 2.97. The van der Waals surface area contributed by atoms with Gasteiger partial charge in [-0.05, 0) is 29.2 Å². The van der Waals surface area contributed by atoms with E-state index in [-0.39, 0.29) is 11.9 Å².